The lowest BCUT2D eigenvalue weighted by Gasteiger charge is -2.08. The maximum atomic E-state index is 12.3. The molecule has 0 aliphatic heterocycles. The van der Waals surface area contributed by atoms with Crippen molar-refractivity contribution in [1.82, 2.24) is 0 Å². The van der Waals surface area contributed by atoms with Crippen LogP contribution in [0.1, 0.15) is 5.56 Å². The second-order valence-electron chi connectivity index (χ2n) is 3.22. The van der Waals surface area contributed by atoms with Crippen molar-refractivity contribution < 1.29 is 27.9 Å². The first-order chi connectivity index (χ1) is 8.29. The van der Waals surface area contributed by atoms with E-state index in [1.807, 2.05) is 0 Å². The summed E-state index contributed by atoms with van der Waals surface area (Å²) in [6.45, 7) is 0. The average Bonchev–Trinajstić information content (AvgIpc) is 2.25. The van der Waals surface area contributed by atoms with E-state index < -0.39 is 23.6 Å². The molecule has 1 rings (SSSR count). The number of anilines is 1. The molecule has 0 bridgehead atoms. The second-order valence-corrected chi connectivity index (χ2v) is 3.22. The number of hydrogen-bond acceptors (Lipinski definition) is 3. The minimum absolute atomic E-state index is 0.0853. The van der Waals surface area contributed by atoms with Gasteiger partial charge < -0.3 is 15.2 Å². The standard InChI is InChI=1S/C11H8F3NO3/c12-11(13,14)7-2-1-3-8(6-7)15-9(16)4-5-10(17)18/h1-6H,(H,15,16)(H,17,18)/p-1/b5-4+. The highest BCUT2D eigenvalue weighted by Gasteiger charge is 2.30. The summed E-state index contributed by atoms with van der Waals surface area (Å²) in [4.78, 5) is 21.1. The van der Waals surface area contributed by atoms with Gasteiger partial charge >= 0.3 is 6.18 Å². The molecule has 0 atom stereocenters. The zero-order valence-corrected chi connectivity index (χ0v) is 8.82. The summed E-state index contributed by atoms with van der Waals surface area (Å²) >= 11 is 0. The normalized spacial score (nSPS) is 11.5. The van der Waals surface area contributed by atoms with Gasteiger partial charge in [-0.05, 0) is 24.3 Å². The number of aliphatic carboxylic acids is 1. The van der Waals surface area contributed by atoms with E-state index in [4.69, 9.17) is 0 Å². The summed E-state index contributed by atoms with van der Waals surface area (Å²) in [6, 6.07) is 3.97. The van der Waals surface area contributed by atoms with Gasteiger partial charge in [-0.25, -0.2) is 0 Å². The van der Waals surface area contributed by atoms with Crippen molar-refractivity contribution in [2.45, 2.75) is 6.18 Å². The van der Waals surface area contributed by atoms with Crippen molar-refractivity contribution in [2.24, 2.45) is 0 Å². The molecule has 0 saturated carbocycles. The topological polar surface area (TPSA) is 69.2 Å². The molecule has 0 aliphatic rings. The first-order valence-electron chi connectivity index (χ1n) is 4.66. The third-order valence-electron chi connectivity index (χ3n) is 1.83. The molecule has 0 heterocycles. The molecular weight excluding hydrogens is 251 g/mol. The minimum Gasteiger partial charge on any atom is -0.545 e. The van der Waals surface area contributed by atoms with Crippen molar-refractivity contribution in [1.29, 1.82) is 0 Å². The number of halogens is 3. The highest BCUT2D eigenvalue weighted by molar-refractivity contribution is 6.02. The Bertz CT molecular complexity index is 495. The number of hydrogen-bond donors (Lipinski definition) is 1. The highest BCUT2D eigenvalue weighted by atomic mass is 19.4. The molecule has 18 heavy (non-hydrogen) atoms. The number of alkyl halides is 3. The van der Waals surface area contributed by atoms with Crippen LogP contribution in [0.3, 0.4) is 0 Å². The Kier molecular flexibility index (Phi) is 4.09. The minimum atomic E-state index is -4.51. The molecule has 1 aromatic carbocycles. The van der Waals surface area contributed by atoms with Crippen LogP contribution in [0, 0.1) is 0 Å². The van der Waals surface area contributed by atoms with E-state index in [2.05, 4.69) is 5.32 Å². The number of carbonyl (C=O) groups is 2. The Balaban J connectivity index is 2.80. The largest absolute Gasteiger partial charge is 0.545 e. The van der Waals surface area contributed by atoms with Crippen LogP contribution in [0.15, 0.2) is 36.4 Å². The van der Waals surface area contributed by atoms with Gasteiger partial charge in [0.15, 0.2) is 0 Å². The first kappa shape index (κ1) is 13.8. The fourth-order valence-electron chi connectivity index (χ4n) is 1.10. The van der Waals surface area contributed by atoms with Crippen molar-refractivity contribution in [3.8, 4) is 0 Å². The van der Waals surface area contributed by atoms with Crippen LogP contribution in [0.4, 0.5) is 18.9 Å². The van der Waals surface area contributed by atoms with Gasteiger partial charge in [-0.1, -0.05) is 6.07 Å². The Morgan fingerprint density at radius 2 is 1.89 bits per heavy atom. The molecule has 1 N–H and O–H groups in total. The average molecular weight is 258 g/mol. The lowest BCUT2D eigenvalue weighted by molar-refractivity contribution is -0.297. The van der Waals surface area contributed by atoms with Gasteiger partial charge in [0.05, 0.1) is 11.5 Å². The quantitative estimate of drug-likeness (QED) is 0.820. The molecule has 0 saturated heterocycles. The summed E-state index contributed by atoms with van der Waals surface area (Å²) in [6.07, 6.45) is -3.39. The number of amides is 1. The van der Waals surface area contributed by atoms with Gasteiger partial charge in [0.2, 0.25) is 5.91 Å². The predicted octanol–water partition coefficient (Wildman–Crippen LogP) is 0.950. The summed E-state index contributed by atoms with van der Waals surface area (Å²) in [7, 11) is 0. The number of carboxylic acids is 1. The third kappa shape index (κ3) is 4.28. The molecule has 4 nitrogen and oxygen atoms in total. The van der Waals surface area contributed by atoms with Crippen molar-refractivity contribution >= 4 is 17.6 Å². The molecule has 0 radical (unpaired) electrons. The monoisotopic (exact) mass is 258 g/mol. The second kappa shape index (κ2) is 5.35. The lowest BCUT2D eigenvalue weighted by atomic mass is 10.2. The molecule has 0 unspecified atom stereocenters. The van der Waals surface area contributed by atoms with Gasteiger partial charge in [0.1, 0.15) is 0 Å². The van der Waals surface area contributed by atoms with Gasteiger partial charge in [0.25, 0.3) is 0 Å². The Morgan fingerprint density at radius 1 is 1.22 bits per heavy atom. The fraction of sp³-hybridized carbons (Fsp3) is 0.0909. The molecule has 96 valence electrons. The number of nitrogens with one attached hydrogen (secondary N) is 1. The van der Waals surface area contributed by atoms with Gasteiger partial charge in [-0.2, -0.15) is 13.2 Å². The smallest absolute Gasteiger partial charge is 0.416 e. The van der Waals surface area contributed by atoms with Crippen LogP contribution in [0.25, 0.3) is 0 Å². The van der Waals surface area contributed by atoms with E-state index in [1.54, 1.807) is 0 Å². The maximum absolute atomic E-state index is 12.3. The van der Waals surface area contributed by atoms with Crippen LogP contribution in [0.2, 0.25) is 0 Å². The van der Waals surface area contributed by atoms with Crippen LogP contribution in [0.5, 0.6) is 0 Å². The van der Waals surface area contributed by atoms with E-state index in [-0.39, 0.29) is 5.69 Å². The predicted molar refractivity (Wildman–Crippen MR) is 54.2 cm³/mol. The van der Waals surface area contributed by atoms with E-state index in [0.717, 1.165) is 18.2 Å². The van der Waals surface area contributed by atoms with Crippen molar-refractivity contribution in [2.75, 3.05) is 5.32 Å². The Hall–Kier alpha value is -2.31. The van der Waals surface area contributed by atoms with E-state index in [0.29, 0.717) is 12.2 Å². The highest BCUT2D eigenvalue weighted by Crippen LogP contribution is 2.30. The van der Waals surface area contributed by atoms with Crippen LogP contribution < -0.4 is 10.4 Å². The number of rotatable bonds is 3. The van der Waals surface area contributed by atoms with Crippen LogP contribution in [-0.4, -0.2) is 11.9 Å². The molecule has 1 aromatic rings. The summed E-state index contributed by atoms with van der Waals surface area (Å²) < 4.78 is 37.0. The van der Waals surface area contributed by atoms with E-state index in [9.17, 15) is 27.9 Å². The maximum Gasteiger partial charge on any atom is 0.416 e. The van der Waals surface area contributed by atoms with Gasteiger partial charge in [0, 0.05) is 11.8 Å². The molecule has 0 aromatic heterocycles. The first-order valence-corrected chi connectivity index (χ1v) is 4.66. The van der Waals surface area contributed by atoms with E-state index >= 15 is 0 Å². The van der Waals surface area contributed by atoms with Crippen molar-refractivity contribution in [3.05, 3.63) is 42.0 Å². The SMILES string of the molecule is O=C([O-])/C=C/C(=O)Nc1cccc(C(F)(F)F)c1. The van der Waals surface area contributed by atoms with Gasteiger partial charge in [-0.3, -0.25) is 4.79 Å². The fourth-order valence-corrected chi connectivity index (χ4v) is 1.10. The lowest BCUT2D eigenvalue weighted by Crippen LogP contribution is -2.20. The summed E-state index contributed by atoms with van der Waals surface area (Å²) in [5, 5.41) is 12.1. The molecule has 0 spiro atoms. The molecule has 7 heteroatoms. The van der Waals surface area contributed by atoms with Crippen LogP contribution >= 0.6 is 0 Å². The Labute approximate surface area is 99.7 Å². The van der Waals surface area contributed by atoms with Gasteiger partial charge in [-0.15, -0.1) is 0 Å². The zero-order chi connectivity index (χ0) is 13.8. The summed E-state index contributed by atoms with van der Waals surface area (Å²) in [5.74, 6) is -2.44. The van der Waals surface area contributed by atoms with Crippen molar-refractivity contribution in [3.63, 3.8) is 0 Å². The third-order valence-corrected chi connectivity index (χ3v) is 1.83. The number of carbonyl (C=O) groups excluding carboxylic acids is 2. The van der Waals surface area contributed by atoms with Crippen LogP contribution in [-0.2, 0) is 15.8 Å². The number of carboxylic acid groups (broad SMARTS) is 1. The molecule has 0 fully saturated rings. The number of benzene rings is 1. The molecule has 0 aliphatic carbocycles. The Morgan fingerprint density at radius 3 is 2.44 bits per heavy atom. The van der Waals surface area contributed by atoms with E-state index in [1.165, 1.54) is 6.07 Å². The molecular formula is C11H7F3NO3-. The summed E-state index contributed by atoms with van der Waals surface area (Å²) in [5.41, 5.74) is -0.998. The molecule has 1 amide bonds. The zero-order valence-electron chi connectivity index (χ0n) is 8.82.